The van der Waals surface area contributed by atoms with Crippen molar-refractivity contribution in [1.29, 1.82) is 0 Å². The van der Waals surface area contributed by atoms with Gasteiger partial charge in [-0.2, -0.15) is 0 Å². The van der Waals surface area contributed by atoms with Crippen LogP contribution in [0.15, 0.2) is 24.3 Å². The Labute approximate surface area is 96.2 Å². The minimum Gasteiger partial charge on any atom is -0.329 e. The molecular formula is C12H20FN3. The Balaban J connectivity index is 2.31. The molecule has 1 aromatic rings. The van der Waals surface area contributed by atoms with E-state index in [0.29, 0.717) is 6.54 Å². The Morgan fingerprint density at radius 2 is 1.94 bits per heavy atom. The number of nitrogens with two attached hydrogens (primary N) is 2. The van der Waals surface area contributed by atoms with Crippen molar-refractivity contribution in [2.45, 2.75) is 12.5 Å². The van der Waals surface area contributed by atoms with E-state index >= 15 is 0 Å². The maximum atomic E-state index is 12.7. The van der Waals surface area contributed by atoms with E-state index in [4.69, 9.17) is 11.5 Å². The normalized spacial score (nSPS) is 13.1. The Kier molecular flexibility index (Phi) is 5.38. The fourth-order valence-electron chi connectivity index (χ4n) is 1.54. The van der Waals surface area contributed by atoms with Gasteiger partial charge in [-0.25, -0.2) is 4.39 Å². The molecule has 0 radical (unpaired) electrons. The largest absolute Gasteiger partial charge is 0.329 e. The molecule has 1 aromatic carbocycles. The zero-order valence-corrected chi connectivity index (χ0v) is 9.70. The van der Waals surface area contributed by atoms with Crippen molar-refractivity contribution in [3.8, 4) is 0 Å². The summed E-state index contributed by atoms with van der Waals surface area (Å²) >= 11 is 0. The van der Waals surface area contributed by atoms with Crippen molar-refractivity contribution in [3.63, 3.8) is 0 Å². The maximum Gasteiger partial charge on any atom is 0.123 e. The van der Waals surface area contributed by atoms with Crippen molar-refractivity contribution in [3.05, 3.63) is 35.6 Å². The van der Waals surface area contributed by atoms with Gasteiger partial charge in [-0.3, -0.25) is 0 Å². The van der Waals surface area contributed by atoms with Crippen LogP contribution >= 0.6 is 0 Å². The zero-order valence-electron chi connectivity index (χ0n) is 9.70. The van der Waals surface area contributed by atoms with Crippen LogP contribution in [-0.4, -0.2) is 37.6 Å². The predicted octanol–water partition coefficient (Wildman–Crippen LogP) is 0.586. The Morgan fingerprint density at radius 1 is 1.31 bits per heavy atom. The van der Waals surface area contributed by atoms with Crippen molar-refractivity contribution in [2.75, 3.05) is 26.7 Å². The van der Waals surface area contributed by atoms with Crippen LogP contribution in [0, 0.1) is 5.82 Å². The van der Waals surface area contributed by atoms with Gasteiger partial charge in [0.2, 0.25) is 0 Å². The first-order valence-corrected chi connectivity index (χ1v) is 5.50. The van der Waals surface area contributed by atoms with Crippen LogP contribution in [0.1, 0.15) is 5.56 Å². The van der Waals surface area contributed by atoms with Gasteiger partial charge >= 0.3 is 0 Å². The summed E-state index contributed by atoms with van der Waals surface area (Å²) in [4.78, 5) is 2.14. The molecule has 0 aliphatic heterocycles. The quantitative estimate of drug-likeness (QED) is 0.745. The third-order valence-corrected chi connectivity index (χ3v) is 2.54. The SMILES string of the molecule is CN(CCc1ccc(F)cc1)CC(N)CN. The molecule has 0 saturated carbocycles. The number of rotatable bonds is 6. The maximum absolute atomic E-state index is 12.7. The molecule has 1 atom stereocenters. The van der Waals surface area contributed by atoms with Crippen LogP contribution in [0.5, 0.6) is 0 Å². The monoisotopic (exact) mass is 225 g/mol. The lowest BCUT2D eigenvalue weighted by atomic mass is 10.1. The fourth-order valence-corrected chi connectivity index (χ4v) is 1.54. The van der Waals surface area contributed by atoms with Crippen LogP contribution in [0.2, 0.25) is 0 Å². The highest BCUT2D eigenvalue weighted by molar-refractivity contribution is 5.16. The van der Waals surface area contributed by atoms with Gasteiger partial charge in [0.1, 0.15) is 5.82 Å². The molecule has 90 valence electrons. The second kappa shape index (κ2) is 6.58. The van der Waals surface area contributed by atoms with E-state index in [2.05, 4.69) is 4.90 Å². The lowest BCUT2D eigenvalue weighted by Gasteiger charge is -2.20. The van der Waals surface area contributed by atoms with Crippen LogP contribution in [0.3, 0.4) is 0 Å². The Hall–Kier alpha value is -0.970. The molecule has 0 spiro atoms. The van der Waals surface area contributed by atoms with Gasteiger partial charge in [0.05, 0.1) is 0 Å². The first-order chi connectivity index (χ1) is 7.61. The first-order valence-electron chi connectivity index (χ1n) is 5.50. The summed E-state index contributed by atoms with van der Waals surface area (Å²) in [6.07, 6.45) is 0.897. The molecule has 0 aliphatic rings. The highest BCUT2D eigenvalue weighted by atomic mass is 19.1. The first kappa shape index (κ1) is 13.1. The third kappa shape index (κ3) is 4.70. The van der Waals surface area contributed by atoms with Crippen molar-refractivity contribution in [1.82, 2.24) is 4.90 Å². The molecular weight excluding hydrogens is 205 g/mol. The van der Waals surface area contributed by atoms with E-state index < -0.39 is 0 Å². The second-order valence-electron chi connectivity index (χ2n) is 4.13. The summed E-state index contributed by atoms with van der Waals surface area (Å²) in [5.74, 6) is -0.192. The van der Waals surface area contributed by atoms with E-state index in [1.807, 2.05) is 19.2 Å². The Bertz CT molecular complexity index is 300. The van der Waals surface area contributed by atoms with Gasteiger partial charge in [-0.15, -0.1) is 0 Å². The summed E-state index contributed by atoms with van der Waals surface area (Å²) in [7, 11) is 2.01. The highest BCUT2D eigenvalue weighted by Gasteiger charge is 2.04. The van der Waals surface area contributed by atoms with Gasteiger partial charge < -0.3 is 16.4 Å². The number of nitrogens with zero attached hydrogens (tertiary/aromatic N) is 1. The van der Waals surface area contributed by atoms with E-state index in [-0.39, 0.29) is 11.9 Å². The number of hydrogen-bond donors (Lipinski definition) is 2. The highest BCUT2D eigenvalue weighted by Crippen LogP contribution is 2.04. The van der Waals surface area contributed by atoms with E-state index in [0.717, 1.165) is 25.1 Å². The molecule has 0 amide bonds. The number of hydrogen-bond acceptors (Lipinski definition) is 3. The molecule has 0 heterocycles. The van der Waals surface area contributed by atoms with E-state index in [1.165, 1.54) is 12.1 Å². The van der Waals surface area contributed by atoms with Gasteiger partial charge in [-0.05, 0) is 31.2 Å². The Morgan fingerprint density at radius 3 is 2.50 bits per heavy atom. The molecule has 0 saturated heterocycles. The van der Waals surface area contributed by atoms with Crippen molar-refractivity contribution < 1.29 is 4.39 Å². The average Bonchev–Trinajstić information content (AvgIpc) is 2.28. The van der Waals surface area contributed by atoms with Crippen LogP contribution in [-0.2, 0) is 6.42 Å². The third-order valence-electron chi connectivity index (χ3n) is 2.54. The predicted molar refractivity (Wildman–Crippen MR) is 64.6 cm³/mol. The number of halogens is 1. The summed E-state index contributed by atoms with van der Waals surface area (Å²) < 4.78 is 12.7. The summed E-state index contributed by atoms with van der Waals surface area (Å²) in [6.45, 7) is 2.19. The van der Waals surface area contributed by atoms with Crippen LogP contribution < -0.4 is 11.5 Å². The summed E-state index contributed by atoms with van der Waals surface area (Å²) in [6, 6.07) is 6.62. The van der Waals surface area contributed by atoms with Crippen LogP contribution in [0.25, 0.3) is 0 Å². The lowest BCUT2D eigenvalue weighted by molar-refractivity contribution is 0.316. The van der Waals surface area contributed by atoms with Gasteiger partial charge in [0.25, 0.3) is 0 Å². The minimum absolute atomic E-state index is 0.0261. The average molecular weight is 225 g/mol. The van der Waals surface area contributed by atoms with Crippen molar-refractivity contribution in [2.24, 2.45) is 11.5 Å². The molecule has 0 aromatic heterocycles. The molecule has 0 aliphatic carbocycles. The number of likely N-dealkylation sites (N-methyl/N-ethyl adjacent to an activating group) is 1. The van der Waals surface area contributed by atoms with Gasteiger partial charge in [0.15, 0.2) is 0 Å². The minimum atomic E-state index is -0.192. The zero-order chi connectivity index (χ0) is 12.0. The summed E-state index contributed by atoms with van der Waals surface area (Å²) in [5.41, 5.74) is 12.3. The van der Waals surface area contributed by atoms with Crippen molar-refractivity contribution >= 4 is 0 Å². The molecule has 1 rings (SSSR count). The second-order valence-corrected chi connectivity index (χ2v) is 4.13. The standard InChI is InChI=1S/C12H20FN3/c1-16(9-12(15)8-14)7-6-10-2-4-11(13)5-3-10/h2-5,12H,6-9,14-15H2,1H3. The molecule has 0 fully saturated rings. The van der Waals surface area contributed by atoms with Crippen LogP contribution in [0.4, 0.5) is 4.39 Å². The van der Waals surface area contributed by atoms with E-state index in [1.54, 1.807) is 0 Å². The fraction of sp³-hybridized carbons (Fsp3) is 0.500. The summed E-state index contributed by atoms with van der Waals surface area (Å²) in [5, 5.41) is 0. The van der Waals surface area contributed by atoms with E-state index in [9.17, 15) is 4.39 Å². The number of benzene rings is 1. The van der Waals surface area contributed by atoms with Gasteiger partial charge in [-0.1, -0.05) is 12.1 Å². The molecule has 4 heteroatoms. The molecule has 0 bridgehead atoms. The molecule has 3 nitrogen and oxygen atoms in total. The smallest absolute Gasteiger partial charge is 0.123 e. The van der Waals surface area contributed by atoms with Gasteiger partial charge in [0, 0.05) is 25.7 Å². The topological polar surface area (TPSA) is 55.3 Å². The molecule has 1 unspecified atom stereocenters. The molecule has 16 heavy (non-hydrogen) atoms. The lowest BCUT2D eigenvalue weighted by Crippen LogP contribution is -2.41. The molecule has 4 N–H and O–H groups in total.